The van der Waals surface area contributed by atoms with Gasteiger partial charge in [-0.05, 0) is 41.5 Å². The molecule has 1 aromatic heterocycles. The molecule has 0 unspecified atom stereocenters. The monoisotopic (exact) mass is 369 g/mol. The number of benzene rings is 2. The Morgan fingerprint density at radius 1 is 1.08 bits per heavy atom. The van der Waals surface area contributed by atoms with Gasteiger partial charge in [-0.2, -0.15) is 0 Å². The van der Waals surface area contributed by atoms with Crippen molar-refractivity contribution < 1.29 is 9.18 Å². The van der Waals surface area contributed by atoms with Crippen LogP contribution in [0.2, 0.25) is 5.02 Å². The Balaban J connectivity index is 1.54. The fourth-order valence-electron chi connectivity index (χ4n) is 2.44. The van der Waals surface area contributed by atoms with Crippen LogP contribution in [0.1, 0.15) is 11.1 Å². The second-order valence-electron chi connectivity index (χ2n) is 5.73. The van der Waals surface area contributed by atoms with Crippen LogP contribution in [0.5, 0.6) is 0 Å². The van der Waals surface area contributed by atoms with Crippen molar-refractivity contribution in [2.75, 3.05) is 10.6 Å². The molecule has 26 heavy (non-hydrogen) atoms. The topological polar surface area (TPSA) is 54.0 Å². The predicted octanol–water partition coefficient (Wildman–Crippen LogP) is 4.67. The van der Waals surface area contributed by atoms with Crippen molar-refractivity contribution in [2.45, 2.75) is 13.0 Å². The van der Waals surface area contributed by atoms with E-state index in [0.29, 0.717) is 28.6 Å². The van der Waals surface area contributed by atoms with Gasteiger partial charge >= 0.3 is 0 Å². The molecule has 2 aromatic carbocycles. The van der Waals surface area contributed by atoms with Crippen molar-refractivity contribution in [1.29, 1.82) is 0 Å². The minimum Gasteiger partial charge on any atom is -0.366 e. The van der Waals surface area contributed by atoms with E-state index >= 15 is 0 Å². The fraction of sp³-hybridized carbons (Fsp3) is 0.100. The number of nitrogens with zero attached hydrogens (tertiary/aromatic N) is 1. The zero-order valence-electron chi connectivity index (χ0n) is 13.9. The maximum Gasteiger partial charge on any atom is 0.228 e. The summed E-state index contributed by atoms with van der Waals surface area (Å²) in [6.07, 6.45) is 1.67. The van der Waals surface area contributed by atoms with Crippen LogP contribution in [0.25, 0.3) is 0 Å². The van der Waals surface area contributed by atoms with E-state index in [4.69, 9.17) is 11.6 Å². The van der Waals surface area contributed by atoms with Gasteiger partial charge in [0.2, 0.25) is 5.91 Å². The van der Waals surface area contributed by atoms with Gasteiger partial charge in [-0.1, -0.05) is 41.9 Å². The van der Waals surface area contributed by atoms with Crippen molar-refractivity contribution in [3.63, 3.8) is 0 Å². The van der Waals surface area contributed by atoms with Crippen molar-refractivity contribution in [2.24, 2.45) is 0 Å². The molecule has 132 valence electrons. The van der Waals surface area contributed by atoms with Gasteiger partial charge < -0.3 is 10.6 Å². The van der Waals surface area contributed by atoms with Gasteiger partial charge in [-0.25, -0.2) is 9.37 Å². The lowest BCUT2D eigenvalue weighted by atomic mass is 10.1. The minimum absolute atomic E-state index is 0.101. The number of amides is 1. The van der Waals surface area contributed by atoms with Gasteiger partial charge in [0.15, 0.2) is 0 Å². The summed E-state index contributed by atoms with van der Waals surface area (Å²) in [5, 5.41) is 6.62. The molecule has 1 amide bonds. The number of hydrogen-bond acceptors (Lipinski definition) is 3. The molecule has 2 N–H and O–H groups in total. The highest BCUT2D eigenvalue weighted by molar-refractivity contribution is 6.31. The van der Waals surface area contributed by atoms with E-state index in [2.05, 4.69) is 15.6 Å². The smallest absolute Gasteiger partial charge is 0.228 e. The number of carbonyl (C=O) groups excluding carboxylic acids is 1. The first kappa shape index (κ1) is 17.9. The number of rotatable bonds is 6. The number of pyridine rings is 1. The molecule has 0 fully saturated rings. The molecule has 0 spiro atoms. The molecule has 4 nitrogen and oxygen atoms in total. The molecule has 6 heteroatoms. The highest BCUT2D eigenvalue weighted by Crippen LogP contribution is 2.17. The normalized spacial score (nSPS) is 10.4. The third-order valence-corrected chi connectivity index (χ3v) is 4.09. The Bertz CT molecular complexity index is 900. The summed E-state index contributed by atoms with van der Waals surface area (Å²) >= 11 is 6.12. The average Bonchev–Trinajstić information content (AvgIpc) is 2.62. The van der Waals surface area contributed by atoms with E-state index in [1.165, 1.54) is 12.1 Å². The van der Waals surface area contributed by atoms with Crippen LogP contribution in [0.4, 0.5) is 15.9 Å². The number of hydrogen-bond donors (Lipinski definition) is 2. The minimum atomic E-state index is -0.356. The molecule has 0 atom stereocenters. The Morgan fingerprint density at radius 2 is 1.92 bits per heavy atom. The molecule has 0 saturated carbocycles. The number of nitrogens with one attached hydrogen (secondary N) is 2. The number of aromatic nitrogens is 1. The summed E-state index contributed by atoms with van der Waals surface area (Å²) in [6.45, 7) is 0.554. The zero-order valence-corrected chi connectivity index (χ0v) is 14.6. The van der Waals surface area contributed by atoms with Crippen LogP contribution in [0.15, 0.2) is 66.9 Å². The summed E-state index contributed by atoms with van der Waals surface area (Å²) in [5.74, 6) is 0.0909. The molecule has 0 radical (unpaired) electrons. The molecule has 0 aliphatic heterocycles. The van der Waals surface area contributed by atoms with E-state index in [-0.39, 0.29) is 18.1 Å². The Morgan fingerprint density at radius 3 is 2.65 bits per heavy atom. The van der Waals surface area contributed by atoms with Crippen LogP contribution < -0.4 is 10.6 Å². The number of anilines is 2. The Kier molecular flexibility index (Phi) is 5.81. The molecule has 0 aliphatic rings. The van der Waals surface area contributed by atoms with Gasteiger partial charge in [0.05, 0.1) is 18.3 Å². The molecule has 3 aromatic rings. The fourth-order valence-corrected chi connectivity index (χ4v) is 2.64. The van der Waals surface area contributed by atoms with E-state index in [9.17, 15) is 9.18 Å². The van der Waals surface area contributed by atoms with Crippen molar-refractivity contribution in [3.05, 3.63) is 88.8 Å². The van der Waals surface area contributed by atoms with Crippen LogP contribution >= 0.6 is 11.6 Å². The summed E-state index contributed by atoms with van der Waals surface area (Å²) in [4.78, 5) is 16.3. The van der Waals surface area contributed by atoms with Gasteiger partial charge in [0.1, 0.15) is 11.6 Å². The maximum absolute atomic E-state index is 13.2. The molecule has 0 saturated heterocycles. The van der Waals surface area contributed by atoms with Crippen LogP contribution in [-0.2, 0) is 17.8 Å². The summed E-state index contributed by atoms with van der Waals surface area (Å²) in [7, 11) is 0. The molecule has 3 rings (SSSR count). The first-order valence-corrected chi connectivity index (χ1v) is 8.45. The average molecular weight is 370 g/mol. The first-order valence-electron chi connectivity index (χ1n) is 8.08. The Labute approximate surface area is 156 Å². The SMILES string of the molecule is O=C(Cc1cccc(F)c1)Nc1ccc(NCc2ccccc2Cl)nc1. The van der Waals surface area contributed by atoms with Crippen molar-refractivity contribution >= 4 is 29.0 Å². The van der Waals surface area contributed by atoms with Gasteiger partial charge in [-0.3, -0.25) is 4.79 Å². The molecule has 0 bridgehead atoms. The zero-order chi connectivity index (χ0) is 18.4. The summed E-state index contributed by atoms with van der Waals surface area (Å²) in [5.41, 5.74) is 2.17. The van der Waals surface area contributed by atoms with Crippen LogP contribution in [0, 0.1) is 5.82 Å². The predicted molar refractivity (Wildman–Crippen MR) is 102 cm³/mol. The van der Waals surface area contributed by atoms with Gasteiger partial charge in [-0.15, -0.1) is 0 Å². The molecule has 1 heterocycles. The van der Waals surface area contributed by atoms with E-state index in [1.807, 2.05) is 24.3 Å². The molecule has 0 aliphatic carbocycles. The van der Waals surface area contributed by atoms with Crippen molar-refractivity contribution in [1.82, 2.24) is 4.98 Å². The second-order valence-corrected chi connectivity index (χ2v) is 6.14. The van der Waals surface area contributed by atoms with E-state index in [1.54, 1.807) is 30.5 Å². The standard InChI is InChI=1S/C20H17ClFN3O/c21-18-7-2-1-5-15(18)12-23-19-9-8-17(13-24-19)25-20(26)11-14-4-3-6-16(22)10-14/h1-10,13H,11-12H2,(H,23,24)(H,25,26). The summed E-state index contributed by atoms with van der Waals surface area (Å²) in [6, 6.07) is 17.1. The molecular weight excluding hydrogens is 353 g/mol. The molecular formula is C20H17ClFN3O. The number of halogens is 2. The van der Waals surface area contributed by atoms with Crippen LogP contribution in [-0.4, -0.2) is 10.9 Å². The largest absolute Gasteiger partial charge is 0.366 e. The lowest BCUT2D eigenvalue weighted by Crippen LogP contribution is -2.14. The van der Waals surface area contributed by atoms with E-state index in [0.717, 1.165) is 5.56 Å². The lowest BCUT2D eigenvalue weighted by Gasteiger charge is -2.09. The third-order valence-electron chi connectivity index (χ3n) is 3.72. The third kappa shape index (κ3) is 5.04. The highest BCUT2D eigenvalue weighted by Gasteiger charge is 2.06. The Hall–Kier alpha value is -2.92. The lowest BCUT2D eigenvalue weighted by molar-refractivity contribution is -0.115. The quantitative estimate of drug-likeness (QED) is 0.664. The summed E-state index contributed by atoms with van der Waals surface area (Å²) < 4.78 is 13.2. The highest BCUT2D eigenvalue weighted by atomic mass is 35.5. The first-order chi connectivity index (χ1) is 12.6. The second kappa shape index (κ2) is 8.45. The van der Waals surface area contributed by atoms with Gasteiger partial charge in [0, 0.05) is 11.6 Å². The van der Waals surface area contributed by atoms with E-state index < -0.39 is 0 Å². The maximum atomic E-state index is 13.2. The van der Waals surface area contributed by atoms with Crippen molar-refractivity contribution in [3.8, 4) is 0 Å². The van der Waals surface area contributed by atoms with Gasteiger partial charge in [0.25, 0.3) is 0 Å². The van der Waals surface area contributed by atoms with Crippen LogP contribution in [0.3, 0.4) is 0 Å². The number of carbonyl (C=O) groups is 1.